The Kier molecular flexibility index (Phi) is 5.75. The van der Waals surface area contributed by atoms with Crippen molar-refractivity contribution in [3.63, 3.8) is 0 Å². The van der Waals surface area contributed by atoms with Gasteiger partial charge < -0.3 is 9.73 Å². The molecule has 0 unspecified atom stereocenters. The maximum absolute atomic E-state index is 12.3. The molecular weight excluding hydrogens is 384 g/mol. The predicted molar refractivity (Wildman–Crippen MR) is 89.6 cm³/mol. The van der Waals surface area contributed by atoms with Gasteiger partial charge in [-0.15, -0.1) is 0 Å². The van der Waals surface area contributed by atoms with Crippen LogP contribution in [0.4, 0.5) is 0 Å². The smallest absolute Gasteiger partial charge is 0.251 e. The Morgan fingerprint density at radius 2 is 2.04 bits per heavy atom. The van der Waals surface area contributed by atoms with E-state index >= 15 is 0 Å². The number of benzene rings is 1. The van der Waals surface area contributed by atoms with Crippen LogP contribution < -0.4 is 10.0 Å². The summed E-state index contributed by atoms with van der Waals surface area (Å²) in [5.74, 6) is 0.118. The van der Waals surface area contributed by atoms with E-state index < -0.39 is 10.0 Å². The molecule has 122 valence electrons. The second-order valence-corrected chi connectivity index (χ2v) is 7.52. The Labute approximate surface area is 142 Å². The molecule has 0 fully saturated rings. The summed E-state index contributed by atoms with van der Waals surface area (Å²) in [6.45, 7) is 3.91. The van der Waals surface area contributed by atoms with Crippen molar-refractivity contribution in [3.8, 4) is 0 Å². The molecule has 1 heterocycles. The van der Waals surface area contributed by atoms with Crippen LogP contribution in [0.3, 0.4) is 0 Å². The second-order valence-electron chi connectivity index (χ2n) is 4.63. The monoisotopic (exact) mass is 398 g/mol. The lowest BCUT2D eigenvalue weighted by atomic mass is 10.2. The molecule has 8 heteroatoms. The molecule has 2 aromatic rings. The Morgan fingerprint density at radius 3 is 2.70 bits per heavy atom. The molecule has 2 rings (SSSR count). The van der Waals surface area contributed by atoms with Crippen LogP contribution in [0.5, 0.6) is 0 Å². The van der Waals surface area contributed by atoms with Gasteiger partial charge in [-0.1, -0.05) is 28.6 Å². The van der Waals surface area contributed by atoms with Gasteiger partial charge in [0, 0.05) is 16.6 Å². The highest BCUT2D eigenvalue weighted by Crippen LogP contribution is 2.13. The zero-order valence-corrected chi connectivity index (χ0v) is 14.5. The Hall–Kier alpha value is -1.90. The first kappa shape index (κ1) is 17.5. The molecule has 0 spiro atoms. The largest absolute Gasteiger partial charge is 0.468 e. The molecule has 6 nitrogen and oxygen atoms in total. The van der Waals surface area contributed by atoms with Crippen LogP contribution in [0.1, 0.15) is 16.1 Å². The number of carbonyl (C=O) groups excluding carboxylic acids is 1. The quantitative estimate of drug-likeness (QED) is 0.749. The summed E-state index contributed by atoms with van der Waals surface area (Å²) in [4.78, 5) is 12.0. The van der Waals surface area contributed by atoms with Crippen molar-refractivity contribution < 1.29 is 17.6 Å². The van der Waals surface area contributed by atoms with E-state index in [1.165, 1.54) is 30.5 Å². The molecule has 2 N–H and O–H groups in total. The molecule has 0 radical (unpaired) electrons. The Morgan fingerprint density at radius 1 is 1.26 bits per heavy atom. The van der Waals surface area contributed by atoms with E-state index in [0.717, 1.165) is 0 Å². The van der Waals surface area contributed by atoms with E-state index in [9.17, 15) is 13.2 Å². The lowest BCUT2D eigenvalue weighted by molar-refractivity contribution is 0.0957. The van der Waals surface area contributed by atoms with Crippen LogP contribution in [-0.2, 0) is 16.6 Å². The first-order valence-electron chi connectivity index (χ1n) is 6.62. The van der Waals surface area contributed by atoms with E-state index in [2.05, 4.69) is 32.5 Å². The summed E-state index contributed by atoms with van der Waals surface area (Å²) in [6.07, 6.45) is 1.46. The standard InChI is InChI=1S/C15H15BrN2O4S/c1-11(16)9-17-15(19)12-4-2-6-14(8-12)23(20,21)18-10-13-5-3-7-22-13/h2-8,18H,1,9-10H2,(H,17,19). The van der Waals surface area contributed by atoms with Crippen molar-refractivity contribution in [2.24, 2.45) is 0 Å². The van der Waals surface area contributed by atoms with Gasteiger partial charge in [0.25, 0.3) is 5.91 Å². The third kappa shape index (κ3) is 5.05. The average Bonchev–Trinajstić information content (AvgIpc) is 3.04. The lowest BCUT2D eigenvalue weighted by Gasteiger charge is -2.08. The minimum atomic E-state index is -3.74. The summed E-state index contributed by atoms with van der Waals surface area (Å²) in [6, 6.07) is 9.13. The number of amides is 1. The molecule has 0 atom stereocenters. The molecule has 0 aliphatic rings. The molecule has 1 aromatic heterocycles. The fourth-order valence-corrected chi connectivity index (χ4v) is 2.92. The van der Waals surface area contributed by atoms with Gasteiger partial charge >= 0.3 is 0 Å². The van der Waals surface area contributed by atoms with Crippen LogP contribution >= 0.6 is 15.9 Å². The van der Waals surface area contributed by atoms with Crippen molar-refractivity contribution in [2.75, 3.05) is 6.54 Å². The minimum absolute atomic E-state index is 0.00868. The molecule has 1 aromatic carbocycles. The molecule has 23 heavy (non-hydrogen) atoms. The van der Waals surface area contributed by atoms with Crippen LogP contribution in [-0.4, -0.2) is 20.9 Å². The average molecular weight is 399 g/mol. The third-order valence-electron chi connectivity index (χ3n) is 2.86. The van der Waals surface area contributed by atoms with Gasteiger partial charge in [0.2, 0.25) is 10.0 Å². The highest BCUT2D eigenvalue weighted by molar-refractivity contribution is 9.11. The third-order valence-corrected chi connectivity index (χ3v) is 4.54. The van der Waals surface area contributed by atoms with Crippen molar-refractivity contribution in [1.82, 2.24) is 10.0 Å². The molecule has 0 aliphatic heterocycles. The summed E-state index contributed by atoms with van der Waals surface area (Å²) >= 11 is 3.14. The number of rotatable bonds is 7. The number of hydrogen-bond donors (Lipinski definition) is 2. The minimum Gasteiger partial charge on any atom is -0.468 e. The van der Waals surface area contributed by atoms with Crippen molar-refractivity contribution in [3.05, 3.63) is 65.0 Å². The van der Waals surface area contributed by atoms with Crippen molar-refractivity contribution >= 4 is 31.9 Å². The normalized spacial score (nSPS) is 11.2. The lowest BCUT2D eigenvalue weighted by Crippen LogP contribution is -2.26. The van der Waals surface area contributed by atoms with E-state index in [1.54, 1.807) is 12.1 Å². The summed E-state index contributed by atoms with van der Waals surface area (Å²) in [7, 11) is -3.74. The van der Waals surface area contributed by atoms with Crippen molar-refractivity contribution in [2.45, 2.75) is 11.4 Å². The molecule has 0 saturated carbocycles. The second kappa shape index (κ2) is 7.58. The Balaban J connectivity index is 2.11. The first-order chi connectivity index (χ1) is 10.9. The van der Waals surface area contributed by atoms with Gasteiger partial charge in [0.15, 0.2) is 0 Å². The number of furan rings is 1. The topological polar surface area (TPSA) is 88.4 Å². The Bertz CT molecular complexity index is 801. The molecule has 0 saturated heterocycles. The van der Waals surface area contributed by atoms with E-state index in [-0.39, 0.29) is 29.5 Å². The molecule has 0 bridgehead atoms. The maximum atomic E-state index is 12.3. The number of sulfonamides is 1. The van der Waals surface area contributed by atoms with Gasteiger partial charge in [-0.05, 0) is 30.3 Å². The van der Waals surface area contributed by atoms with Crippen LogP contribution in [0.15, 0.2) is 63.0 Å². The molecular formula is C15H15BrN2O4S. The van der Waals surface area contributed by atoms with Gasteiger partial charge in [-0.2, -0.15) is 0 Å². The zero-order valence-electron chi connectivity index (χ0n) is 12.1. The fourth-order valence-electron chi connectivity index (χ4n) is 1.75. The van der Waals surface area contributed by atoms with Crippen LogP contribution in [0, 0.1) is 0 Å². The van der Waals surface area contributed by atoms with Gasteiger partial charge in [-0.3, -0.25) is 4.79 Å². The van der Waals surface area contributed by atoms with Crippen molar-refractivity contribution in [1.29, 1.82) is 0 Å². The molecule has 0 aliphatic carbocycles. The summed E-state index contributed by atoms with van der Waals surface area (Å²) < 4.78 is 32.6. The van der Waals surface area contributed by atoms with Gasteiger partial charge in [-0.25, -0.2) is 13.1 Å². The number of halogens is 1. The van der Waals surface area contributed by atoms with E-state index in [0.29, 0.717) is 10.2 Å². The number of nitrogens with one attached hydrogen (secondary N) is 2. The predicted octanol–water partition coefficient (Wildman–Crippen LogP) is 2.40. The number of carbonyl (C=O) groups is 1. The molecule has 1 amide bonds. The highest BCUT2D eigenvalue weighted by Gasteiger charge is 2.16. The van der Waals surface area contributed by atoms with Gasteiger partial charge in [0.1, 0.15) is 5.76 Å². The highest BCUT2D eigenvalue weighted by atomic mass is 79.9. The number of hydrogen-bond acceptors (Lipinski definition) is 4. The summed E-state index contributed by atoms with van der Waals surface area (Å²) in [5.41, 5.74) is 0.250. The first-order valence-corrected chi connectivity index (χ1v) is 8.90. The van der Waals surface area contributed by atoms with Crippen LogP contribution in [0.25, 0.3) is 0 Å². The maximum Gasteiger partial charge on any atom is 0.251 e. The summed E-state index contributed by atoms with van der Waals surface area (Å²) in [5, 5.41) is 2.62. The fraction of sp³-hybridized carbons (Fsp3) is 0.133. The van der Waals surface area contributed by atoms with Gasteiger partial charge in [0.05, 0.1) is 17.7 Å². The van der Waals surface area contributed by atoms with E-state index in [4.69, 9.17) is 4.42 Å². The van der Waals surface area contributed by atoms with Crippen LogP contribution in [0.2, 0.25) is 0 Å². The van der Waals surface area contributed by atoms with E-state index in [1.807, 2.05) is 0 Å². The SMILES string of the molecule is C=C(Br)CNC(=O)c1cccc(S(=O)(=O)NCc2ccco2)c1. The zero-order chi connectivity index (χ0) is 16.9.